The predicted octanol–water partition coefficient (Wildman–Crippen LogP) is 3.77. The van der Waals surface area contributed by atoms with Gasteiger partial charge in [-0.3, -0.25) is 19.9 Å². The summed E-state index contributed by atoms with van der Waals surface area (Å²) in [7, 11) is 0. The Morgan fingerprint density at radius 3 is 2.57 bits per heavy atom. The van der Waals surface area contributed by atoms with Crippen LogP contribution in [0, 0.1) is 0 Å². The lowest BCUT2D eigenvalue weighted by atomic mass is 10.1. The molecule has 138 valence electrons. The molecule has 2 aromatic heterocycles. The molecular weight excluding hydrogens is 426 g/mol. The largest absolute Gasteiger partial charge is 0.457 e. The van der Waals surface area contributed by atoms with Crippen LogP contribution in [0.2, 0.25) is 0 Å². The van der Waals surface area contributed by atoms with Crippen molar-refractivity contribution < 1.29 is 18.8 Å². The van der Waals surface area contributed by atoms with Crippen molar-refractivity contribution in [2.75, 3.05) is 4.90 Å². The first-order valence-electron chi connectivity index (χ1n) is 8.20. The van der Waals surface area contributed by atoms with Crippen molar-refractivity contribution in [1.29, 1.82) is 0 Å². The summed E-state index contributed by atoms with van der Waals surface area (Å²) < 4.78 is 6.65. The number of pyridine rings is 1. The number of carbonyl (C=O) groups is 3. The average molecular weight is 438 g/mol. The van der Waals surface area contributed by atoms with Crippen LogP contribution in [0.5, 0.6) is 0 Å². The second kappa shape index (κ2) is 7.24. The van der Waals surface area contributed by atoms with E-state index in [0.717, 1.165) is 14.9 Å². The number of aromatic nitrogens is 1. The van der Waals surface area contributed by atoms with E-state index in [1.165, 1.54) is 30.6 Å². The highest BCUT2D eigenvalue weighted by Crippen LogP contribution is 2.27. The molecule has 7 nitrogen and oxygen atoms in total. The zero-order valence-corrected chi connectivity index (χ0v) is 15.8. The van der Waals surface area contributed by atoms with Crippen LogP contribution in [0.25, 0.3) is 17.4 Å². The van der Waals surface area contributed by atoms with Crippen LogP contribution in [-0.4, -0.2) is 22.8 Å². The molecule has 8 heteroatoms. The van der Waals surface area contributed by atoms with Crippen LogP contribution >= 0.6 is 15.9 Å². The number of hydrogen-bond donors (Lipinski definition) is 1. The van der Waals surface area contributed by atoms with Crippen LogP contribution < -0.4 is 10.2 Å². The fourth-order valence-electron chi connectivity index (χ4n) is 2.75. The second-order valence-electron chi connectivity index (χ2n) is 5.88. The molecular formula is C20H12BrN3O4. The number of anilines is 1. The third-order valence-corrected chi connectivity index (χ3v) is 4.54. The quantitative estimate of drug-likeness (QED) is 0.497. The van der Waals surface area contributed by atoms with Crippen molar-refractivity contribution in [2.24, 2.45) is 0 Å². The Balaban J connectivity index is 1.68. The van der Waals surface area contributed by atoms with E-state index in [1.54, 1.807) is 12.1 Å². The van der Waals surface area contributed by atoms with Gasteiger partial charge in [0.05, 0.1) is 5.69 Å². The molecule has 0 radical (unpaired) electrons. The second-order valence-corrected chi connectivity index (χ2v) is 6.79. The normalized spacial score (nSPS) is 15.8. The highest BCUT2D eigenvalue weighted by Gasteiger charge is 2.37. The number of nitrogens with zero attached hydrogens (tertiary/aromatic N) is 2. The number of imide groups is 2. The van der Waals surface area contributed by atoms with Gasteiger partial charge in [-0.15, -0.1) is 0 Å². The Hall–Kier alpha value is -3.52. The Bertz CT molecular complexity index is 1120. The van der Waals surface area contributed by atoms with Crippen molar-refractivity contribution in [2.45, 2.75) is 0 Å². The molecule has 0 aliphatic carbocycles. The molecule has 3 heterocycles. The van der Waals surface area contributed by atoms with E-state index in [9.17, 15) is 14.4 Å². The number of benzene rings is 1. The molecule has 4 rings (SSSR count). The minimum atomic E-state index is -0.812. The van der Waals surface area contributed by atoms with Gasteiger partial charge in [0.2, 0.25) is 0 Å². The number of nitrogens with one attached hydrogen (secondary N) is 1. The standard InChI is InChI=1S/C20H12BrN3O4/c21-13-3-1-2-12(10-13)17-5-4-15(28-17)11-16-18(25)23-20(27)24(19(16)26)14-6-8-22-9-7-14/h1-11H,(H,23,25,27)/b16-11+. The zero-order valence-electron chi connectivity index (χ0n) is 14.3. The molecule has 1 fully saturated rings. The van der Waals surface area contributed by atoms with E-state index in [2.05, 4.69) is 26.2 Å². The molecule has 28 heavy (non-hydrogen) atoms. The lowest BCUT2D eigenvalue weighted by Crippen LogP contribution is -2.54. The average Bonchev–Trinajstić information content (AvgIpc) is 3.15. The maximum absolute atomic E-state index is 12.8. The lowest BCUT2D eigenvalue weighted by molar-refractivity contribution is -0.122. The molecule has 1 saturated heterocycles. The molecule has 0 unspecified atom stereocenters. The summed E-state index contributed by atoms with van der Waals surface area (Å²) >= 11 is 3.40. The molecule has 0 saturated carbocycles. The number of rotatable bonds is 3. The fraction of sp³-hybridized carbons (Fsp3) is 0. The number of urea groups is 1. The first kappa shape index (κ1) is 17.9. The number of halogens is 1. The topological polar surface area (TPSA) is 92.5 Å². The Morgan fingerprint density at radius 2 is 1.82 bits per heavy atom. The SMILES string of the molecule is O=C1NC(=O)N(c2ccncc2)C(=O)/C1=C/c1ccc(-c2cccc(Br)c2)o1. The molecule has 0 bridgehead atoms. The van der Waals surface area contributed by atoms with Gasteiger partial charge in [0.1, 0.15) is 17.1 Å². The number of amides is 4. The third-order valence-electron chi connectivity index (χ3n) is 4.05. The summed E-state index contributed by atoms with van der Waals surface area (Å²) in [5.74, 6) is -0.613. The van der Waals surface area contributed by atoms with Crippen molar-refractivity contribution in [3.63, 3.8) is 0 Å². The maximum atomic E-state index is 12.8. The van der Waals surface area contributed by atoms with Gasteiger partial charge in [0, 0.05) is 22.4 Å². The minimum Gasteiger partial charge on any atom is -0.457 e. The van der Waals surface area contributed by atoms with Crippen LogP contribution in [0.4, 0.5) is 10.5 Å². The number of furan rings is 1. The summed E-state index contributed by atoms with van der Waals surface area (Å²) in [4.78, 5) is 41.9. The maximum Gasteiger partial charge on any atom is 0.335 e. The van der Waals surface area contributed by atoms with Gasteiger partial charge in [-0.05, 0) is 42.5 Å². The van der Waals surface area contributed by atoms with Crippen molar-refractivity contribution in [3.05, 3.63) is 76.7 Å². The van der Waals surface area contributed by atoms with Gasteiger partial charge in [0.25, 0.3) is 11.8 Å². The molecule has 1 aliphatic rings. The van der Waals surface area contributed by atoms with E-state index >= 15 is 0 Å². The minimum absolute atomic E-state index is 0.202. The highest BCUT2D eigenvalue weighted by molar-refractivity contribution is 9.10. The van der Waals surface area contributed by atoms with Crippen LogP contribution in [0.3, 0.4) is 0 Å². The van der Waals surface area contributed by atoms with Gasteiger partial charge in [-0.1, -0.05) is 28.1 Å². The summed E-state index contributed by atoms with van der Waals surface area (Å²) in [6, 6.07) is 13.1. The van der Waals surface area contributed by atoms with E-state index < -0.39 is 17.8 Å². The summed E-state index contributed by atoms with van der Waals surface area (Å²) in [5.41, 5.74) is 0.948. The zero-order chi connectivity index (χ0) is 19.7. The van der Waals surface area contributed by atoms with E-state index in [0.29, 0.717) is 17.2 Å². The van der Waals surface area contributed by atoms with Crippen LogP contribution in [-0.2, 0) is 9.59 Å². The Kier molecular flexibility index (Phi) is 4.62. The molecule has 1 aromatic carbocycles. The first-order valence-corrected chi connectivity index (χ1v) is 8.99. The molecule has 4 amide bonds. The van der Waals surface area contributed by atoms with Gasteiger partial charge in [0.15, 0.2) is 0 Å². The lowest BCUT2D eigenvalue weighted by Gasteiger charge is -2.25. The van der Waals surface area contributed by atoms with Gasteiger partial charge < -0.3 is 4.42 Å². The van der Waals surface area contributed by atoms with Crippen LogP contribution in [0.15, 0.2) is 75.4 Å². The fourth-order valence-corrected chi connectivity index (χ4v) is 3.15. The van der Waals surface area contributed by atoms with Gasteiger partial charge >= 0.3 is 6.03 Å². The van der Waals surface area contributed by atoms with E-state index in [-0.39, 0.29) is 5.57 Å². The van der Waals surface area contributed by atoms with Crippen LogP contribution in [0.1, 0.15) is 5.76 Å². The van der Waals surface area contributed by atoms with E-state index in [1.807, 2.05) is 24.3 Å². The van der Waals surface area contributed by atoms with Crippen molar-refractivity contribution >= 4 is 45.5 Å². The van der Waals surface area contributed by atoms with Gasteiger partial charge in [-0.2, -0.15) is 0 Å². The van der Waals surface area contributed by atoms with Crippen molar-refractivity contribution in [3.8, 4) is 11.3 Å². The highest BCUT2D eigenvalue weighted by atomic mass is 79.9. The van der Waals surface area contributed by atoms with Gasteiger partial charge in [-0.25, -0.2) is 9.69 Å². The molecule has 1 N–H and O–H groups in total. The Labute approximate surface area is 167 Å². The molecule has 3 aromatic rings. The first-order chi connectivity index (χ1) is 13.5. The smallest absolute Gasteiger partial charge is 0.335 e. The predicted molar refractivity (Wildman–Crippen MR) is 105 cm³/mol. The third kappa shape index (κ3) is 3.37. The number of hydrogen-bond acceptors (Lipinski definition) is 5. The van der Waals surface area contributed by atoms with Crippen molar-refractivity contribution in [1.82, 2.24) is 10.3 Å². The Morgan fingerprint density at radius 1 is 1.04 bits per heavy atom. The monoisotopic (exact) mass is 437 g/mol. The molecule has 0 spiro atoms. The molecule has 1 aliphatic heterocycles. The summed E-state index contributed by atoms with van der Waals surface area (Å²) in [6.45, 7) is 0. The van der Waals surface area contributed by atoms with E-state index in [4.69, 9.17) is 4.42 Å². The summed E-state index contributed by atoms with van der Waals surface area (Å²) in [5, 5.41) is 2.17. The molecule has 0 atom stereocenters. The number of barbiturate groups is 1. The number of carbonyl (C=O) groups excluding carboxylic acids is 3. The summed E-state index contributed by atoms with van der Waals surface area (Å²) in [6.07, 6.45) is 4.22.